The number of likely N-dealkylation sites (N-methyl/N-ethyl adjacent to an activating group) is 1. The Morgan fingerprint density at radius 2 is 2.35 bits per heavy atom. The Kier molecular flexibility index (Phi) is 3.39. The number of carbonyl (C=O) groups is 1. The summed E-state index contributed by atoms with van der Waals surface area (Å²) in [6, 6.07) is 5.44. The van der Waals surface area contributed by atoms with Gasteiger partial charge in [-0.1, -0.05) is 6.07 Å². The van der Waals surface area contributed by atoms with Crippen molar-refractivity contribution in [3.05, 3.63) is 24.4 Å². The monoisotopic (exact) mass is 232 g/mol. The summed E-state index contributed by atoms with van der Waals surface area (Å²) >= 11 is 0. The van der Waals surface area contributed by atoms with Gasteiger partial charge < -0.3 is 5.32 Å². The lowest BCUT2D eigenvalue weighted by Crippen LogP contribution is -2.28. The summed E-state index contributed by atoms with van der Waals surface area (Å²) < 4.78 is 1.42. The van der Waals surface area contributed by atoms with E-state index in [9.17, 15) is 4.79 Å². The average molecular weight is 232 g/mol. The summed E-state index contributed by atoms with van der Waals surface area (Å²) in [4.78, 5) is 15.6. The van der Waals surface area contributed by atoms with Crippen molar-refractivity contribution in [2.24, 2.45) is 0 Å². The van der Waals surface area contributed by atoms with Crippen LogP contribution in [0.4, 0.5) is 0 Å². The number of nitrogens with zero attached hydrogens (tertiary/aromatic N) is 5. The highest BCUT2D eigenvalue weighted by atomic mass is 16.2. The fourth-order valence-corrected chi connectivity index (χ4v) is 1.38. The standard InChI is InChI=1S/C10H12N6O/c1-2-11-9(17)7-16-10(13-14-15-16)8-5-3-4-6-12-8/h3-6H,2,7H2,1H3,(H,11,17). The van der Waals surface area contributed by atoms with E-state index in [1.807, 2.05) is 13.0 Å². The molecule has 2 rings (SSSR count). The lowest BCUT2D eigenvalue weighted by Gasteiger charge is -2.03. The molecule has 1 amide bonds. The molecule has 7 nitrogen and oxygen atoms in total. The van der Waals surface area contributed by atoms with Gasteiger partial charge >= 0.3 is 0 Å². The number of aromatic nitrogens is 5. The number of hydrogen-bond acceptors (Lipinski definition) is 5. The first-order valence-corrected chi connectivity index (χ1v) is 5.25. The van der Waals surface area contributed by atoms with E-state index in [2.05, 4.69) is 25.8 Å². The van der Waals surface area contributed by atoms with Crippen molar-refractivity contribution >= 4 is 5.91 Å². The van der Waals surface area contributed by atoms with Gasteiger partial charge in [0.15, 0.2) is 0 Å². The Bertz CT molecular complexity index is 495. The molecule has 2 aromatic heterocycles. The van der Waals surface area contributed by atoms with Gasteiger partial charge in [0.25, 0.3) is 0 Å². The van der Waals surface area contributed by atoms with E-state index in [-0.39, 0.29) is 12.5 Å². The van der Waals surface area contributed by atoms with Crippen LogP contribution in [0.2, 0.25) is 0 Å². The van der Waals surface area contributed by atoms with E-state index in [0.29, 0.717) is 18.1 Å². The van der Waals surface area contributed by atoms with Crippen LogP contribution in [0.1, 0.15) is 6.92 Å². The second-order valence-corrected chi connectivity index (χ2v) is 3.33. The summed E-state index contributed by atoms with van der Waals surface area (Å²) in [7, 11) is 0. The zero-order valence-corrected chi connectivity index (χ0v) is 9.37. The Hall–Kier alpha value is -2.31. The lowest BCUT2D eigenvalue weighted by molar-refractivity contribution is -0.121. The second-order valence-electron chi connectivity index (χ2n) is 3.33. The molecule has 0 aromatic carbocycles. The van der Waals surface area contributed by atoms with Crippen LogP contribution in [-0.4, -0.2) is 37.6 Å². The molecule has 17 heavy (non-hydrogen) atoms. The third kappa shape index (κ3) is 2.63. The molecule has 2 aromatic rings. The molecule has 1 N–H and O–H groups in total. The van der Waals surface area contributed by atoms with Crippen molar-refractivity contribution < 1.29 is 4.79 Å². The van der Waals surface area contributed by atoms with Gasteiger partial charge in [0.2, 0.25) is 11.7 Å². The number of tetrazole rings is 1. The van der Waals surface area contributed by atoms with Crippen molar-refractivity contribution in [3.8, 4) is 11.5 Å². The van der Waals surface area contributed by atoms with E-state index < -0.39 is 0 Å². The van der Waals surface area contributed by atoms with Crippen molar-refractivity contribution in [2.75, 3.05) is 6.54 Å². The minimum absolute atomic E-state index is 0.0900. The van der Waals surface area contributed by atoms with Gasteiger partial charge in [-0.3, -0.25) is 9.78 Å². The molecular weight excluding hydrogens is 220 g/mol. The van der Waals surface area contributed by atoms with Gasteiger partial charge in [-0.2, -0.15) is 0 Å². The zero-order valence-electron chi connectivity index (χ0n) is 9.37. The van der Waals surface area contributed by atoms with E-state index in [1.165, 1.54) is 4.68 Å². The van der Waals surface area contributed by atoms with E-state index in [0.717, 1.165) is 0 Å². The zero-order chi connectivity index (χ0) is 12.1. The van der Waals surface area contributed by atoms with Gasteiger partial charge in [0.05, 0.1) is 0 Å². The molecule has 0 unspecified atom stereocenters. The van der Waals surface area contributed by atoms with Crippen LogP contribution >= 0.6 is 0 Å². The smallest absolute Gasteiger partial charge is 0.241 e. The first kappa shape index (κ1) is 11.2. The average Bonchev–Trinajstić information content (AvgIpc) is 2.78. The van der Waals surface area contributed by atoms with Crippen LogP contribution in [0, 0.1) is 0 Å². The van der Waals surface area contributed by atoms with Crippen LogP contribution in [0.15, 0.2) is 24.4 Å². The minimum Gasteiger partial charge on any atom is -0.355 e. The maximum atomic E-state index is 11.4. The Morgan fingerprint density at radius 1 is 1.47 bits per heavy atom. The maximum absolute atomic E-state index is 11.4. The van der Waals surface area contributed by atoms with Gasteiger partial charge in [-0.05, 0) is 29.5 Å². The largest absolute Gasteiger partial charge is 0.355 e. The minimum atomic E-state index is -0.128. The SMILES string of the molecule is CCNC(=O)Cn1nnnc1-c1ccccn1. The molecular formula is C10H12N6O. The van der Waals surface area contributed by atoms with E-state index >= 15 is 0 Å². The molecule has 0 aliphatic carbocycles. The maximum Gasteiger partial charge on any atom is 0.241 e. The third-order valence-corrected chi connectivity index (χ3v) is 2.09. The molecule has 0 bridgehead atoms. The molecule has 0 fully saturated rings. The molecule has 2 heterocycles. The lowest BCUT2D eigenvalue weighted by atomic mass is 10.3. The first-order valence-electron chi connectivity index (χ1n) is 5.25. The molecule has 7 heteroatoms. The number of carbonyl (C=O) groups excluding carboxylic acids is 1. The second kappa shape index (κ2) is 5.15. The highest BCUT2D eigenvalue weighted by Crippen LogP contribution is 2.10. The molecule has 88 valence electrons. The summed E-state index contributed by atoms with van der Waals surface area (Å²) in [5, 5.41) is 13.9. The number of amides is 1. The molecule has 0 aliphatic heterocycles. The number of rotatable bonds is 4. The fraction of sp³-hybridized carbons (Fsp3) is 0.300. The van der Waals surface area contributed by atoms with Crippen LogP contribution in [0.5, 0.6) is 0 Å². The summed E-state index contributed by atoms with van der Waals surface area (Å²) in [6.07, 6.45) is 1.65. The Labute approximate surface area is 97.9 Å². The number of pyridine rings is 1. The van der Waals surface area contributed by atoms with Gasteiger partial charge in [-0.15, -0.1) is 5.10 Å². The van der Waals surface area contributed by atoms with Crippen LogP contribution in [-0.2, 0) is 11.3 Å². The normalized spacial score (nSPS) is 10.2. The fourth-order valence-electron chi connectivity index (χ4n) is 1.38. The highest BCUT2D eigenvalue weighted by Gasteiger charge is 2.12. The van der Waals surface area contributed by atoms with Gasteiger partial charge in [0, 0.05) is 12.7 Å². The summed E-state index contributed by atoms with van der Waals surface area (Å²) in [6.45, 7) is 2.53. The van der Waals surface area contributed by atoms with Gasteiger partial charge in [0.1, 0.15) is 12.2 Å². The first-order chi connectivity index (χ1) is 8.31. The van der Waals surface area contributed by atoms with Gasteiger partial charge in [-0.25, -0.2) is 4.68 Å². The Balaban J connectivity index is 2.20. The van der Waals surface area contributed by atoms with Crippen molar-refractivity contribution in [3.63, 3.8) is 0 Å². The molecule has 0 atom stereocenters. The van der Waals surface area contributed by atoms with Crippen molar-refractivity contribution in [2.45, 2.75) is 13.5 Å². The molecule has 0 saturated carbocycles. The molecule has 0 saturated heterocycles. The predicted molar refractivity (Wildman–Crippen MR) is 59.7 cm³/mol. The molecule has 0 aliphatic rings. The van der Waals surface area contributed by atoms with Crippen LogP contribution in [0.3, 0.4) is 0 Å². The highest BCUT2D eigenvalue weighted by molar-refractivity contribution is 5.76. The third-order valence-electron chi connectivity index (χ3n) is 2.09. The quantitative estimate of drug-likeness (QED) is 0.793. The topological polar surface area (TPSA) is 85.6 Å². The van der Waals surface area contributed by atoms with E-state index in [4.69, 9.17) is 0 Å². The number of nitrogens with one attached hydrogen (secondary N) is 1. The molecule has 0 radical (unpaired) electrons. The van der Waals surface area contributed by atoms with Crippen LogP contribution < -0.4 is 5.32 Å². The summed E-state index contributed by atoms with van der Waals surface area (Å²) in [5.74, 6) is 0.355. The van der Waals surface area contributed by atoms with Crippen molar-refractivity contribution in [1.29, 1.82) is 0 Å². The molecule has 0 spiro atoms. The summed E-state index contributed by atoms with van der Waals surface area (Å²) in [5.41, 5.74) is 0.641. The number of hydrogen-bond donors (Lipinski definition) is 1. The Morgan fingerprint density at radius 3 is 3.06 bits per heavy atom. The van der Waals surface area contributed by atoms with Crippen LogP contribution in [0.25, 0.3) is 11.5 Å². The van der Waals surface area contributed by atoms with E-state index in [1.54, 1.807) is 18.3 Å². The van der Waals surface area contributed by atoms with Crippen molar-refractivity contribution in [1.82, 2.24) is 30.5 Å². The predicted octanol–water partition coefficient (Wildman–Crippen LogP) is -0.129.